The first-order valence-corrected chi connectivity index (χ1v) is 4.25. The highest BCUT2D eigenvalue weighted by Gasteiger charge is 2.29. The summed E-state index contributed by atoms with van der Waals surface area (Å²) in [6, 6.07) is 0. The zero-order chi connectivity index (χ0) is 8.16. The Morgan fingerprint density at radius 3 is 2.55 bits per heavy atom. The summed E-state index contributed by atoms with van der Waals surface area (Å²) in [6.45, 7) is 6.09. The minimum Gasteiger partial charge on any atom is -0.396 e. The second-order valence-corrected chi connectivity index (χ2v) is 3.40. The summed E-state index contributed by atoms with van der Waals surface area (Å²) in [7, 11) is 0. The first-order valence-electron chi connectivity index (χ1n) is 4.25. The lowest BCUT2D eigenvalue weighted by Crippen LogP contribution is -2.38. The topological polar surface area (TPSA) is 32.3 Å². The maximum absolute atomic E-state index is 9.20. The molecular weight excluding hydrogens is 138 g/mol. The van der Waals surface area contributed by atoms with Crippen LogP contribution >= 0.6 is 0 Å². The Balaban J connectivity index is 2.49. The highest BCUT2D eigenvalue weighted by atomic mass is 16.3. The van der Waals surface area contributed by atoms with Gasteiger partial charge in [-0.3, -0.25) is 0 Å². The van der Waals surface area contributed by atoms with Crippen LogP contribution in [0.15, 0.2) is 12.7 Å². The van der Waals surface area contributed by atoms with Gasteiger partial charge in [0.15, 0.2) is 0 Å². The van der Waals surface area contributed by atoms with E-state index >= 15 is 0 Å². The standard InChI is InChI=1S/C9H17NO/c1-2-3-9(8-11)4-6-10-7-5-9/h2,10-11H,1,3-8H2. The number of rotatable bonds is 3. The monoisotopic (exact) mass is 155 g/mol. The highest BCUT2D eigenvalue weighted by molar-refractivity contribution is 4.89. The Morgan fingerprint density at radius 2 is 2.09 bits per heavy atom. The molecule has 2 heteroatoms. The third kappa shape index (κ3) is 2.04. The van der Waals surface area contributed by atoms with Crippen LogP contribution in [0.3, 0.4) is 0 Å². The van der Waals surface area contributed by atoms with Crippen molar-refractivity contribution in [1.29, 1.82) is 0 Å². The van der Waals surface area contributed by atoms with Gasteiger partial charge in [0.1, 0.15) is 0 Å². The van der Waals surface area contributed by atoms with Gasteiger partial charge in [0, 0.05) is 6.61 Å². The van der Waals surface area contributed by atoms with Gasteiger partial charge in [0.2, 0.25) is 0 Å². The van der Waals surface area contributed by atoms with Crippen LogP contribution in [0.4, 0.5) is 0 Å². The summed E-state index contributed by atoms with van der Waals surface area (Å²) >= 11 is 0. The number of allylic oxidation sites excluding steroid dienone is 1. The molecule has 0 aromatic carbocycles. The molecule has 1 rings (SSSR count). The van der Waals surface area contributed by atoms with Gasteiger partial charge in [-0.15, -0.1) is 6.58 Å². The number of hydrogen-bond acceptors (Lipinski definition) is 2. The molecule has 2 N–H and O–H groups in total. The molecule has 0 unspecified atom stereocenters. The van der Waals surface area contributed by atoms with Gasteiger partial charge in [0.05, 0.1) is 0 Å². The van der Waals surface area contributed by atoms with Crippen molar-refractivity contribution in [1.82, 2.24) is 5.32 Å². The molecule has 1 aliphatic rings. The van der Waals surface area contributed by atoms with E-state index in [1.807, 2.05) is 6.08 Å². The Hall–Kier alpha value is -0.340. The lowest BCUT2D eigenvalue weighted by molar-refractivity contribution is 0.0920. The molecule has 11 heavy (non-hydrogen) atoms. The molecule has 1 fully saturated rings. The molecule has 1 heterocycles. The fourth-order valence-corrected chi connectivity index (χ4v) is 1.69. The van der Waals surface area contributed by atoms with Crippen molar-refractivity contribution < 1.29 is 5.11 Å². The first-order chi connectivity index (χ1) is 5.33. The normalized spacial score (nSPS) is 23.0. The van der Waals surface area contributed by atoms with Crippen molar-refractivity contribution in [2.45, 2.75) is 19.3 Å². The number of hydrogen-bond donors (Lipinski definition) is 2. The molecule has 0 bridgehead atoms. The molecule has 0 aromatic rings. The van der Waals surface area contributed by atoms with E-state index in [0.717, 1.165) is 32.4 Å². The van der Waals surface area contributed by atoms with Crippen LogP contribution in [0.5, 0.6) is 0 Å². The van der Waals surface area contributed by atoms with Gasteiger partial charge >= 0.3 is 0 Å². The van der Waals surface area contributed by atoms with Crippen molar-refractivity contribution in [2.75, 3.05) is 19.7 Å². The number of aliphatic hydroxyl groups is 1. The molecule has 2 nitrogen and oxygen atoms in total. The van der Waals surface area contributed by atoms with E-state index in [-0.39, 0.29) is 5.41 Å². The molecule has 0 atom stereocenters. The van der Waals surface area contributed by atoms with E-state index in [9.17, 15) is 5.11 Å². The molecule has 1 saturated heterocycles. The summed E-state index contributed by atoms with van der Waals surface area (Å²) in [5.41, 5.74) is 0.146. The molecule has 0 radical (unpaired) electrons. The average Bonchev–Trinajstić information content (AvgIpc) is 2.07. The van der Waals surface area contributed by atoms with Crippen LogP contribution in [0.2, 0.25) is 0 Å². The molecule has 1 aliphatic heterocycles. The van der Waals surface area contributed by atoms with Crippen molar-refractivity contribution >= 4 is 0 Å². The second kappa shape index (κ2) is 3.88. The van der Waals surface area contributed by atoms with Gasteiger partial charge in [-0.25, -0.2) is 0 Å². The quantitative estimate of drug-likeness (QED) is 0.594. The first kappa shape index (κ1) is 8.75. The summed E-state index contributed by atoms with van der Waals surface area (Å²) in [5, 5.41) is 12.5. The summed E-state index contributed by atoms with van der Waals surface area (Å²) in [4.78, 5) is 0. The van der Waals surface area contributed by atoms with E-state index < -0.39 is 0 Å². The summed E-state index contributed by atoms with van der Waals surface area (Å²) in [5.74, 6) is 0. The van der Waals surface area contributed by atoms with E-state index in [4.69, 9.17) is 0 Å². The molecule has 0 spiro atoms. The van der Waals surface area contributed by atoms with Gasteiger partial charge in [0.25, 0.3) is 0 Å². The van der Waals surface area contributed by atoms with Gasteiger partial charge in [-0.05, 0) is 37.8 Å². The number of aliphatic hydroxyl groups excluding tert-OH is 1. The maximum atomic E-state index is 9.20. The van der Waals surface area contributed by atoms with Crippen LogP contribution in [0, 0.1) is 5.41 Å². The Labute approximate surface area is 68.3 Å². The predicted octanol–water partition coefficient (Wildman–Crippen LogP) is 0.925. The van der Waals surface area contributed by atoms with E-state index in [2.05, 4.69) is 11.9 Å². The second-order valence-electron chi connectivity index (χ2n) is 3.40. The highest BCUT2D eigenvalue weighted by Crippen LogP contribution is 2.31. The fourth-order valence-electron chi connectivity index (χ4n) is 1.69. The van der Waals surface area contributed by atoms with Crippen LogP contribution in [0.1, 0.15) is 19.3 Å². The van der Waals surface area contributed by atoms with Crippen LogP contribution < -0.4 is 5.32 Å². The van der Waals surface area contributed by atoms with E-state index in [1.54, 1.807) is 0 Å². The Morgan fingerprint density at radius 1 is 1.45 bits per heavy atom. The zero-order valence-electron chi connectivity index (χ0n) is 6.97. The zero-order valence-corrected chi connectivity index (χ0v) is 6.97. The summed E-state index contributed by atoms with van der Waals surface area (Å²) in [6.07, 6.45) is 5.03. The maximum Gasteiger partial charge on any atom is 0.0491 e. The van der Waals surface area contributed by atoms with Gasteiger partial charge < -0.3 is 10.4 Å². The third-order valence-electron chi connectivity index (χ3n) is 2.58. The van der Waals surface area contributed by atoms with Crippen LogP contribution in [-0.2, 0) is 0 Å². The van der Waals surface area contributed by atoms with Crippen molar-refractivity contribution in [3.63, 3.8) is 0 Å². The van der Waals surface area contributed by atoms with Gasteiger partial charge in [-0.2, -0.15) is 0 Å². The predicted molar refractivity (Wildman–Crippen MR) is 46.4 cm³/mol. The molecular formula is C9H17NO. The lowest BCUT2D eigenvalue weighted by atomic mass is 9.77. The molecule has 64 valence electrons. The van der Waals surface area contributed by atoms with Crippen LogP contribution in [-0.4, -0.2) is 24.8 Å². The lowest BCUT2D eigenvalue weighted by Gasteiger charge is -2.35. The fraction of sp³-hybridized carbons (Fsp3) is 0.778. The number of nitrogens with one attached hydrogen (secondary N) is 1. The Bertz CT molecular complexity index is 128. The average molecular weight is 155 g/mol. The van der Waals surface area contributed by atoms with E-state index in [1.165, 1.54) is 0 Å². The Kier molecular flexibility index (Phi) is 3.09. The van der Waals surface area contributed by atoms with E-state index in [0.29, 0.717) is 6.61 Å². The van der Waals surface area contributed by atoms with Crippen molar-refractivity contribution in [3.8, 4) is 0 Å². The minimum atomic E-state index is 0.146. The summed E-state index contributed by atoms with van der Waals surface area (Å²) < 4.78 is 0. The van der Waals surface area contributed by atoms with Gasteiger partial charge in [-0.1, -0.05) is 6.08 Å². The van der Waals surface area contributed by atoms with Crippen LogP contribution in [0.25, 0.3) is 0 Å². The van der Waals surface area contributed by atoms with Crippen molar-refractivity contribution in [3.05, 3.63) is 12.7 Å². The number of piperidine rings is 1. The molecule has 0 amide bonds. The van der Waals surface area contributed by atoms with Crippen molar-refractivity contribution in [2.24, 2.45) is 5.41 Å². The third-order valence-corrected chi connectivity index (χ3v) is 2.58. The largest absolute Gasteiger partial charge is 0.396 e. The molecule has 0 aromatic heterocycles. The molecule has 0 saturated carbocycles. The minimum absolute atomic E-state index is 0.146. The molecule has 0 aliphatic carbocycles. The smallest absolute Gasteiger partial charge is 0.0491 e. The SMILES string of the molecule is C=CCC1(CO)CCNCC1.